The Labute approximate surface area is 96.4 Å². The first kappa shape index (κ1) is 10.3. The van der Waals surface area contributed by atoms with E-state index in [1.54, 1.807) is 0 Å². The Morgan fingerprint density at radius 2 is 2.31 bits per heavy atom. The Morgan fingerprint density at radius 1 is 1.38 bits per heavy atom. The van der Waals surface area contributed by atoms with Crippen molar-refractivity contribution >= 4 is 0 Å². The second kappa shape index (κ2) is 4.17. The lowest BCUT2D eigenvalue weighted by Gasteiger charge is -2.23. The van der Waals surface area contributed by atoms with Crippen LogP contribution < -0.4 is 5.32 Å². The van der Waals surface area contributed by atoms with Crippen molar-refractivity contribution < 1.29 is 0 Å². The molecule has 4 nitrogen and oxygen atoms in total. The van der Waals surface area contributed by atoms with Gasteiger partial charge in [-0.3, -0.25) is 0 Å². The third-order valence-electron chi connectivity index (χ3n) is 3.93. The molecule has 1 fully saturated rings. The van der Waals surface area contributed by atoms with Crippen LogP contribution in [0, 0.1) is 5.92 Å². The van der Waals surface area contributed by atoms with Gasteiger partial charge in [0, 0.05) is 18.9 Å². The Kier molecular flexibility index (Phi) is 2.67. The van der Waals surface area contributed by atoms with Gasteiger partial charge in [0.05, 0.1) is 0 Å². The Bertz CT molecular complexity index is 365. The number of nitrogens with one attached hydrogen (secondary N) is 1. The smallest absolute Gasteiger partial charge is 0.133 e. The molecule has 1 aromatic rings. The van der Waals surface area contributed by atoms with Gasteiger partial charge in [-0.15, -0.1) is 10.2 Å². The summed E-state index contributed by atoms with van der Waals surface area (Å²) >= 11 is 0. The first-order valence-corrected chi connectivity index (χ1v) is 6.48. The van der Waals surface area contributed by atoms with Gasteiger partial charge < -0.3 is 9.88 Å². The van der Waals surface area contributed by atoms with Crippen molar-refractivity contribution in [3.8, 4) is 0 Å². The number of fused-ring (bicyclic) bond motifs is 1. The molecular weight excluding hydrogens is 200 g/mol. The Hall–Kier alpha value is -0.900. The highest BCUT2D eigenvalue weighted by atomic mass is 15.3. The van der Waals surface area contributed by atoms with E-state index in [1.807, 2.05) is 0 Å². The SMILES string of the molecule is CC1CCCc2nnc(CC3CCNC3)n21. The molecule has 88 valence electrons. The zero-order valence-electron chi connectivity index (χ0n) is 9.95. The highest BCUT2D eigenvalue weighted by Crippen LogP contribution is 2.26. The minimum Gasteiger partial charge on any atom is -0.316 e. The summed E-state index contributed by atoms with van der Waals surface area (Å²) in [4.78, 5) is 0. The van der Waals surface area contributed by atoms with Gasteiger partial charge in [-0.1, -0.05) is 0 Å². The quantitative estimate of drug-likeness (QED) is 0.817. The maximum absolute atomic E-state index is 4.40. The predicted molar refractivity (Wildman–Crippen MR) is 62.4 cm³/mol. The largest absolute Gasteiger partial charge is 0.316 e. The molecule has 2 unspecified atom stereocenters. The first-order chi connectivity index (χ1) is 7.84. The standard InChI is InChI=1S/C12H20N4/c1-9-3-2-4-11-14-15-12(16(9)11)7-10-5-6-13-8-10/h9-10,13H,2-8H2,1H3. The summed E-state index contributed by atoms with van der Waals surface area (Å²) in [6.07, 6.45) is 6.05. The van der Waals surface area contributed by atoms with Crippen LogP contribution in [0.2, 0.25) is 0 Å². The summed E-state index contributed by atoms with van der Waals surface area (Å²) in [5.74, 6) is 3.19. The number of aryl methyl sites for hydroxylation is 1. The minimum atomic E-state index is 0.600. The topological polar surface area (TPSA) is 42.7 Å². The summed E-state index contributed by atoms with van der Waals surface area (Å²) in [6, 6.07) is 0.600. The van der Waals surface area contributed by atoms with E-state index in [9.17, 15) is 0 Å². The molecule has 3 heterocycles. The number of hydrogen-bond donors (Lipinski definition) is 1. The molecule has 0 aromatic carbocycles. The van der Waals surface area contributed by atoms with Crippen LogP contribution in [0.1, 0.15) is 43.9 Å². The highest BCUT2D eigenvalue weighted by Gasteiger charge is 2.24. The van der Waals surface area contributed by atoms with E-state index in [2.05, 4.69) is 27.0 Å². The van der Waals surface area contributed by atoms with Crippen LogP contribution in [0.15, 0.2) is 0 Å². The zero-order chi connectivity index (χ0) is 11.0. The Morgan fingerprint density at radius 3 is 3.12 bits per heavy atom. The average molecular weight is 220 g/mol. The van der Waals surface area contributed by atoms with Crippen LogP contribution in [0.5, 0.6) is 0 Å². The number of aromatic nitrogens is 3. The minimum absolute atomic E-state index is 0.600. The zero-order valence-corrected chi connectivity index (χ0v) is 9.95. The van der Waals surface area contributed by atoms with Gasteiger partial charge in [0.25, 0.3) is 0 Å². The fourth-order valence-corrected chi connectivity index (χ4v) is 3.01. The van der Waals surface area contributed by atoms with Crippen LogP contribution in [0.25, 0.3) is 0 Å². The molecule has 3 rings (SSSR count). The van der Waals surface area contributed by atoms with Crippen molar-refractivity contribution in [3.05, 3.63) is 11.6 Å². The molecule has 0 spiro atoms. The van der Waals surface area contributed by atoms with Crippen LogP contribution >= 0.6 is 0 Å². The van der Waals surface area contributed by atoms with E-state index in [0.717, 1.165) is 25.3 Å². The molecule has 1 saturated heterocycles. The average Bonchev–Trinajstić information content (AvgIpc) is 2.90. The van der Waals surface area contributed by atoms with Crippen molar-refractivity contribution in [2.45, 2.75) is 45.1 Å². The van der Waals surface area contributed by atoms with E-state index in [1.165, 1.54) is 37.5 Å². The van der Waals surface area contributed by atoms with Crippen molar-refractivity contribution in [2.24, 2.45) is 5.92 Å². The molecule has 1 N–H and O–H groups in total. The molecule has 4 heteroatoms. The molecule has 0 radical (unpaired) electrons. The molecule has 0 saturated carbocycles. The van der Waals surface area contributed by atoms with Gasteiger partial charge in [0.15, 0.2) is 0 Å². The fraction of sp³-hybridized carbons (Fsp3) is 0.833. The van der Waals surface area contributed by atoms with Gasteiger partial charge in [-0.2, -0.15) is 0 Å². The second-order valence-corrected chi connectivity index (χ2v) is 5.21. The van der Waals surface area contributed by atoms with Gasteiger partial charge >= 0.3 is 0 Å². The molecular formula is C12H20N4. The van der Waals surface area contributed by atoms with Crippen molar-refractivity contribution in [2.75, 3.05) is 13.1 Å². The Balaban J connectivity index is 1.81. The summed E-state index contributed by atoms with van der Waals surface area (Å²) in [5, 5.41) is 12.2. The van der Waals surface area contributed by atoms with Crippen LogP contribution in [-0.2, 0) is 12.8 Å². The summed E-state index contributed by atoms with van der Waals surface area (Å²) in [7, 11) is 0. The van der Waals surface area contributed by atoms with Gasteiger partial charge in [0.1, 0.15) is 11.6 Å². The summed E-state index contributed by atoms with van der Waals surface area (Å²) in [5.41, 5.74) is 0. The predicted octanol–water partition coefficient (Wildman–Crippen LogP) is 1.33. The van der Waals surface area contributed by atoms with E-state index < -0.39 is 0 Å². The van der Waals surface area contributed by atoms with Crippen molar-refractivity contribution in [3.63, 3.8) is 0 Å². The number of rotatable bonds is 2. The molecule has 1 aromatic heterocycles. The molecule has 2 aliphatic heterocycles. The van der Waals surface area contributed by atoms with E-state index in [0.29, 0.717) is 6.04 Å². The number of nitrogens with zero attached hydrogens (tertiary/aromatic N) is 3. The van der Waals surface area contributed by atoms with Crippen molar-refractivity contribution in [1.29, 1.82) is 0 Å². The van der Waals surface area contributed by atoms with Crippen LogP contribution in [0.4, 0.5) is 0 Å². The highest BCUT2D eigenvalue weighted by molar-refractivity contribution is 5.03. The van der Waals surface area contributed by atoms with Crippen LogP contribution in [-0.4, -0.2) is 27.9 Å². The van der Waals surface area contributed by atoms with Crippen molar-refractivity contribution in [1.82, 2.24) is 20.1 Å². The lowest BCUT2D eigenvalue weighted by Crippen LogP contribution is -2.20. The molecule has 0 bridgehead atoms. The van der Waals surface area contributed by atoms with E-state index in [-0.39, 0.29) is 0 Å². The van der Waals surface area contributed by atoms with E-state index >= 15 is 0 Å². The van der Waals surface area contributed by atoms with E-state index in [4.69, 9.17) is 0 Å². The first-order valence-electron chi connectivity index (χ1n) is 6.48. The second-order valence-electron chi connectivity index (χ2n) is 5.21. The monoisotopic (exact) mass is 220 g/mol. The summed E-state index contributed by atoms with van der Waals surface area (Å²) < 4.78 is 2.39. The lowest BCUT2D eigenvalue weighted by molar-refractivity contribution is 0.404. The maximum Gasteiger partial charge on any atom is 0.133 e. The third kappa shape index (κ3) is 1.75. The molecule has 2 aliphatic rings. The number of hydrogen-bond acceptors (Lipinski definition) is 3. The molecule has 0 amide bonds. The van der Waals surface area contributed by atoms with Gasteiger partial charge in [-0.05, 0) is 45.2 Å². The third-order valence-corrected chi connectivity index (χ3v) is 3.93. The van der Waals surface area contributed by atoms with Gasteiger partial charge in [-0.25, -0.2) is 0 Å². The lowest BCUT2D eigenvalue weighted by atomic mass is 10.0. The summed E-state index contributed by atoms with van der Waals surface area (Å²) in [6.45, 7) is 4.61. The van der Waals surface area contributed by atoms with Gasteiger partial charge in [0.2, 0.25) is 0 Å². The molecule has 16 heavy (non-hydrogen) atoms. The maximum atomic E-state index is 4.40. The fourth-order valence-electron chi connectivity index (χ4n) is 3.01. The normalized spacial score (nSPS) is 29.3. The molecule has 2 atom stereocenters. The van der Waals surface area contributed by atoms with Crippen LogP contribution in [0.3, 0.4) is 0 Å². The molecule has 0 aliphatic carbocycles.